The van der Waals surface area contributed by atoms with Crippen LogP contribution in [0.1, 0.15) is 25.3 Å². The molecule has 2 atom stereocenters. The van der Waals surface area contributed by atoms with Gasteiger partial charge in [0, 0.05) is 12.0 Å². The van der Waals surface area contributed by atoms with Crippen LogP contribution < -0.4 is 10.5 Å². The van der Waals surface area contributed by atoms with Gasteiger partial charge in [-0.2, -0.15) is 0 Å². The zero-order chi connectivity index (χ0) is 11.2. The predicted octanol–water partition coefficient (Wildman–Crippen LogP) is 1.85. The number of ether oxygens (including phenoxy) is 1. The molecule has 1 fully saturated rings. The molecule has 0 radical (unpaired) electrons. The van der Waals surface area contributed by atoms with E-state index in [1.165, 1.54) is 0 Å². The molecule has 82 valence electrons. The molecular formula is C12H17NO2. The van der Waals surface area contributed by atoms with Gasteiger partial charge in [0.15, 0.2) is 11.5 Å². The lowest BCUT2D eigenvalue weighted by atomic mass is 10.0. The third-order valence-corrected chi connectivity index (χ3v) is 3.47. The lowest BCUT2D eigenvalue weighted by molar-refractivity contribution is 0.373. The number of phenols is 1. The Morgan fingerprint density at radius 3 is 2.47 bits per heavy atom. The van der Waals surface area contributed by atoms with Gasteiger partial charge in [-0.05, 0) is 23.1 Å². The number of hydrogen-bond donors (Lipinski definition) is 2. The van der Waals surface area contributed by atoms with Gasteiger partial charge in [0.2, 0.25) is 0 Å². The van der Waals surface area contributed by atoms with Crippen molar-refractivity contribution in [3.8, 4) is 11.5 Å². The Hall–Kier alpha value is -1.22. The van der Waals surface area contributed by atoms with Crippen LogP contribution in [-0.2, 0) is 0 Å². The SMILES string of the molecule is COc1cc(C2C(N)C2(C)C)ccc1O. The van der Waals surface area contributed by atoms with E-state index < -0.39 is 0 Å². The zero-order valence-corrected chi connectivity index (χ0v) is 9.32. The number of aromatic hydroxyl groups is 1. The number of methoxy groups -OCH3 is 1. The van der Waals surface area contributed by atoms with Gasteiger partial charge < -0.3 is 15.6 Å². The number of rotatable bonds is 2. The fourth-order valence-corrected chi connectivity index (χ4v) is 2.20. The van der Waals surface area contributed by atoms with Gasteiger partial charge in [-0.1, -0.05) is 19.9 Å². The minimum absolute atomic E-state index is 0.155. The van der Waals surface area contributed by atoms with Gasteiger partial charge in [0.1, 0.15) is 0 Å². The molecule has 2 rings (SSSR count). The molecule has 1 aromatic rings. The van der Waals surface area contributed by atoms with Crippen LogP contribution in [0.4, 0.5) is 0 Å². The van der Waals surface area contributed by atoms with Crippen molar-refractivity contribution in [2.24, 2.45) is 11.1 Å². The Morgan fingerprint density at radius 1 is 1.40 bits per heavy atom. The minimum Gasteiger partial charge on any atom is -0.504 e. The summed E-state index contributed by atoms with van der Waals surface area (Å²) in [4.78, 5) is 0. The van der Waals surface area contributed by atoms with E-state index in [4.69, 9.17) is 10.5 Å². The molecule has 1 aromatic carbocycles. The third kappa shape index (κ3) is 1.47. The van der Waals surface area contributed by atoms with Crippen LogP contribution in [0, 0.1) is 5.41 Å². The number of nitrogens with two attached hydrogens (primary N) is 1. The van der Waals surface area contributed by atoms with Crippen molar-refractivity contribution in [3.63, 3.8) is 0 Å². The first kappa shape index (κ1) is 10.3. The summed E-state index contributed by atoms with van der Waals surface area (Å²) in [5, 5.41) is 9.48. The fourth-order valence-electron chi connectivity index (χ4n) is 2.20. The molecule has 0 bridgehead atoms. The number of hydrogen-bond acceptors (Lipinski definition) is 3. The van der Waals surface area contributed by atoms with Gasteiger partial charge in [0.25, 0.3) is 0 Å². The molecule has 0 amide bonds. The largest absolute Gasteiger partial charge is 0.504 e. The highest BCUT2D eigenvalue weighted by Crippen LogP contribution is 2.57. The van der Waals surface area contributed by atoms with Crippen molar-refractivity contribution in [2.45, 2.75) is 25.8 Å². The standard InChI is InChI=1S/C12H17NO2/c1-12(2)10(11(12)13)7-4-5-8(14)9(6-7)15-3/h4-6,10-11,14H,13H2,1-3H3. The lowest BCUT2D eigenvalue weighted by Gasteiger charge is -2.07. The Kier molecular flexibility index (Phi) is 2.15. The maximum atomic E-state index is 9.48. The smallest absolute Gasteiger partial charge is 0.160 e. The average Bonchev–Trinajstić information content (AvgIpc) is 2.68. The summed E-state index contributed by atoms with van der Waals surface area (Å²) in [7, 11) is 1.55. The third-order valence-electron chi connectivity index (χ3n) is 3.47. The van der Waals surface area contributed by atoms with Gasteiger partial charge in [-0.15, -0.1) is 0 Å². The molecule has 0 spiro atoms. The monoisotopic (exact) mass is 207 g/mol. The van der Waals surface area contributed by atoms with E-state index in [0.29, 0.717) is 11.7 Å². The van der Waals surface area contributed by atoms with E-state index in [1.807, 2.05) is 12.1 Å². The second kappa shape index (κ2) is 3.14. The van der Waals surface area contributed by atoms with E-state index in [0.717, 1.165) is 5.56 Å². The second-order valence-corrected chi connectivity index (χ2v) is 4.76. The van der Waals surface area contributed by atoms with Crippen LogP contribution in [0.15, 0.2) is 18.2 Å². The van der Waals surface area contributed by atoms with Crippen LogP contribution >= 0.6 is 0 Å². The highest BCUT2D eigenvalue weighted by Gasteiger charge is 2.56. The fraction of sp³-hybridized carbons (Fsp3) is 0.500. The highest BCUT2D eigenvalue weighted by molar-refractivity contribution is 5.46. The summed E-state index contributed by atoms with van der Waals surface area (Å²) in [6.45, 7) is 4.31. The number of phenolic OH excluding ortho intramolecular Hbond substituents is 1. The molecule has 1 aliphatic carbocycles. The first-order chi connectivity index (χ1) is 6.98. The van der Waals surface area contributed by atoms with E-state index in [-0.39, 0.29) is 17.2 Å². The van der Waals surface area contributed by atoms with Gasteiger partial charge in [0.05, 0.1) is 7.11 Å². The highest BCUT2D eigenvalue weighted by atomic mass is 16.5. The zero-order valence-electron chi connectivity index (χ0n) is 9.32. The van der Waals surface area contributed by atoms with Gasteiger partial charge in [-0.3, -0.25) is 0 Å². The molecule has 1 aliphatic rings. The number of benzene rings is 1. The van der Waals surface area contributed by atoms with Crippen LogP contribution in [0.2, 0.25) is 0 Å². The molecule has 0 aliphatic heterocycles. The summed E-state index contributed by atoms with van der Waals surface area (Å²) in [5.74, 6) is 1.06. The van der Waals surface area contributed by atoms with E-state index in [2.05, 4.69) is 13.8 Å². The lowest BCUT2D eigenvalue weighted by Crippen LogP contribution is -2.06. The van der Waals surface area contributed by atoms with E-state index >= 15 is 0 Å². The van der Waals surface area contributed by atoms with Gasteiger partial charge >= 0.3 is 0 Å². The molecule has 3 nitrogen and oxygen atoms in total. The topological polar surface area (TPSA) is 55.5 Å². The van der Waals surface area contributed by atoms with Crippen LogP contribution in [0.3, 0.4) is 0 Å². The second-order valence-electron chi connectivity index (χ2n) is 4.76. The van der Waals surface area contributed by atoms with Gasteiger partial charge in [-0.25, -0.2) is 0 Å². The molecule has 15 heavy (non-hydrogen) atoms. The van der Waals surface area contributed by atoms with Crippen LogP contribution in [0.25, 0.3) is 0 Å². The Bertz CT molecular complexity index is 387. The molecule has 0 aromatic heterocycles. The first-order valence-corrected chi connectivity index (χ1v) is 5.11. The van der Waals surface area contributed by atoms with Crippen LogP contribution in [0.5, 0.6) is 11.5 Å². The van der Waals surface area contributed by atoms with Crippen molar-refractivity contribution >= 4 is 0 Å². The van der Waals surface area contributed by atoms with Crippen molar-refractivity contribution in [3.05, 3.63) is 23.8 Å². The summed E-state index contributed by atoms with van der Waals surface area (Å²) < 4.78 is 5.08. The molecule has 1 saturated carbocycles. The first-order valence-electron chi connectivity index (χ1n) is 5.11. The normalized spacial score (nSPS) is 27.5. The average molecular weight is 207 g/mol. The quantitative estimate of drug-likeness (QED) is 0.778. The van der Waals surface area contributed by atoms with Crippen molar-refractivity contribution in [1.29, 1.82) is 0 Å². The molecule has 3 heteroatoms. The van der Waals surface area contributed by atoms with Crippen molar-refractivity contribution < 1.29 is 9.84 Å². The summed E-state index contributed by atoms with van der Waals surface area (Å²) >= 11 is 0. The van der Waals surface area contributed by atoms with E-state index in [1.54, 1.807) is 13.2 Å². The maximum Gasteiger partial charge on any atom is 0.160 e. The predicted molar refractivity (Wildman–Crippen MR) is 59.2 cm³/mol. The Morgan fingerprint density at radius 2 is 2.00 bits per heavy atom. The van der Waals surface area contributed by atoms with Crippen molar-refractivity contribution in [1.82, 2.24) is 0 Å². The van der Waals surface area contributed by atoms with Crippen molar-refractivity contribution in [2.75, 3.05) is 7.11 Å². The molecular weight excluding hydrogens is 190 g/mol. The Labute approximate surface area is 89.9 Å². The maximum absolute atomic E-state index is 9.48. The minimum atomic E-state index is 0.155. The summed E-state index contributed by atoms with van der Waals surface area (Å²) in [6, 6.07) is 5.65. The molecule has 3 N–H and O–H groups in total. The van der Waals surface area contributed by atoms with Crippen LogP contribution in [-0.4, -0.2) is 18.3 Å². The summed E-state index contributed by atoms with van der Waals surface area (Å²) in [6.07, 6.45) is 0. The molecule has 2 unspecified atom stereocenters. The molecule has 0 saturated heterocycles. The van der Waals surface area contributed by atoms with E-state index in [9.17, 15) is 5.11 Å². The molecule has 0 heterocycles. The summed E-state index contributed by atoms with van der Waals surface area (Å²) in [5.41, 5.74) is 7.30. The Balaban J connectivity index is 2.32.